The van der Waals surface area contributed by atoms with Crippen molar-refractivity contribution < 1.29 is 19.7 Å². The van der Waals surface area contributed by atoms with Gasteiger partial charge in [-0.05, 0) is 42.3 Å². The standard InChI is InChI=1S/C23H26ClN3O4S/c1-15-2-3-16(11-22(29)30)10-20(15)31-9-8-26-6-7-27(13-18(26)14-28)23-25-19-5-4-17(24)12-21(19)32-23/h2-5,10,12,18,28H,6-9,11,13-14H2,1H3,(H,29,30). The number of ether oxygens (including phenoxy) is 1. The van der Waals surface area contributed by atoms with Gasteiger partial charge in [-0.3, -0.25) is 9.69 Å². The number of aliphatic hydroxyl groups is 1. The first kappa shape index (κ1) is 22.8. The van der Waals surface area contributed by atoms with E-state index in [-0.39, 0.29) is 19.1 Å². The van der Waals surface area contributed by atoms with Crippen LogP contribution in [0.5, 0.6) is 5.75 Å². The molecule has 0 bridgehead atoms. The number of aliphatic carboxylic acids is 1. The van der Waals surface area contributed by atoms with Gasteiger partial charge in [-0.15, -0.1) is 0 Å². The number of aromatic nitrogens is 1. The number of anilines is 1. The molecule has 0 spiro atoms. The zero-order valence-corrected chi connectivity index (χ0v) is 19.4. The van der Waals surface area contributed by atoms with Gasteiger partial charge in [-0.2, -0.15) is 0 Å². The molecule has 0 aliphatic carbocycles. The monoisotopic (exact) mass is 475 g/mol. The first-order valence-corrected chi connectivity index (χ1v) is 11.7. The normalized spacial score (nSPS) is 17.1. The zero-order valence-electron chi connectivity index (χ0n) is 17.8. The second-order valence-corrected chi connectivity index (χ2v) is 9.39. The Morgan fingerprint density at radius 3 is 2.91 bits per heavy atom. The summed E-state index contributed by atoms with van der Waals surface area (Å²) in [5, 5.41) is 20.6. The molecule has 0 amide bonds. The highest BCUT2D eigenvalue weighted by Gasteiger charge is 2.28. The van der Waals surface area contributed by atoms with Gasteiger partial charge in [0.05, 0.1) is 29.3 Å². The minimum absolute atomic E-state index is 0.0117. The number of carboxylic acids is 1. The van der Waals surface area contributed by atoms with Crippen LogP contribution in [0.25, 0.3) is 10.2 Å². The van der Waals surface area contributed by atoms with E-state index in [1.54, 1.807) is 17.4 Å². The molecular formula is C23H26ClN3O4S. The SMILES string of the molecule is Cc1ccc(CC(=O)O)cc1OCCN1CCN(c2nc3ccc(Cl)cc3s2)CC1CO. The number of aryl methyl sites for hydroxylation is 1. The first-order chi connectivity index (χ1) is 15.4. The van der Waals surface area contributed by atoms with Gasteiger partial charge < -0.3 is 19.8 Å². The number of nitrogens with zero attached hydrogens (tertiary/aromatic N) is 3. The summed E-state index contributed by atoms with van der Waals surface area (Å²) in [6.07, 6.45) is -0.0246. The molecule has 1 aliphatic rings. The summed E-state index contributed by atoms with van der Waals surface area (Å²) in [6, 6.07) is 11.2. The van der Waals surface area contributed by atoms with Crippen molar-refractivity contribution in [3.05, 3.63) is 52.5 Å². The van der Waals surface area contributed by atoms with E-state index in [0.717, 1.165) is 39.6 Å². The lowest BCUT2D eigenvalue weighted by atomic mass is 10.1. The van der Waals surface area contributed by atoms with E-state index in [0.29, 0.717) is 30.5 Å². The van der Waals surface area contributed by atoms with Crippen molar-refractivity contribution in [1.82, 2.24) is 9.88 Å². The average molecular weight is 476 g/mol. The fourth-order valence-electron chi connectivity index (χ4n) is 3.91. The van der Waals surface area contributed by atoms with Crippen LogP contribution in [0.3, 0.4) is 0 Å². The number of piperazine rings is 1. The van der Waals surface area contributed by atoms with Gasteiger partial charge in [-0.25, -0.2) is 4.98 Å². The number of hydrogen-bond acceptors (Lipinski definition) is 7. The molecule has 9 heteroatoms. The Kier molecular flexibility index (Phi) is 7.15. The molecule has 0 saturated carbocycles. The van der Waals surface area contributed by atoms with Crippen LogP contribution in [0.15, 0.2) is 36.4 Å². The fraction of sp³-hybridized carbons (Fsp3) is 0.391. The van der Waals surface area contributed by atoms with Gasteiger partial charge >= 0.3 is 5.97 Å². The minimum atomic E-state index is -0.861. The summed E-state index contributed by atoms with van der Waals surface area (Å²) in [5.41, 5.74) is 2.63. The molecule has 1 aliphatic heterocycles. The molecule has 2 aromatic carbocycles. The van der Waals surface area contributed by atoms with Crippen molar-refractivity contribution in [3.63, 3.8) is 0 Å². The van der Waals surface area contributed by atoms with Crippen LogP contribution in [-0.2, 0) is 11.2 Å². The number of fused-ring (bicyclic) bond motifs is 1. The zero-order chi connectivity index (χ0) is 22.7. The summed E-state index contributed by atoms with van der Waals surface area (Å²) in [4.78, 5) is 20.1. The molecule has 0 radical (unpaired) electrons. The van der Waals surface area contributed by atoms with Crippen molar-refractivity contribution in [2.45, 2.75) is 19.4 Å². The fourth-order valence-corrected chi connectivity index (χ4v) is 5.19. The predicted octanol–water partition coefficient (Wildman–Crippen LogP) is 3.45. The van der Waals surface area contributed by atoms with Crippen molar-refractivity contribution in [1.29, 1.82) is 0 Å². The van der Waals surface area contributed by atoms with E-state index in [2.05, 4.69) is 9.80 Å². The summed E-state index contributed by atoms with van der Waals surface area (Å²) < 4.78 is 7.02. The van der Waals surface area contributed by atoms with Gasteiger partial charge in [0, 0.05) is 31.2 Å². The van der Waals surface area contributed by atoms with E-state index < -0.39 is 5.97 Å². The third-order valence-electron chi connectivity index (χ3n) is 5.67. The van der Waals surface area contributed by atoms with Crippen molar-refractivity contribution in [2.75, 3.05) is 44.3 Å². The summed E-state index contributed by atoms with van der Waals surface area (Å²) in [7, 11) is 0. The number of thiazole rings is 1. The largest absolute Gasteiger partial charge is 0.492 e. The summed E-state index contributed by atoms with van der Waals surface area (Å²) in [6.45, 7) is 5.45. The van der Waals surface area contributed by atoms with Crippen molar-refractivity contribution in [2.24, 2.45) is 0 Å². The number of carboxylic acid groups (broad SMARTS) is 1. The summed E-state index contributed by atoms with van der Waals surface area (Å²) in [5.74, 6) is -0.157. The molecule has 32 heavy (non-hydrogen) atoms. The van der Waals surface area contributed by atoms with E-state index in [1.165, 1.54) is 0 Å². The van der Waals surface area contributed by atoms with Gasteiger partial charge in [0.2, 0.25) is 0 Å². The summed E-state index contributed by atoms with van der Waals surface area (Å²) >= 11 is 7.72. The Morgan fingerprint density at radius 1 is 1.28 bits per heavy atom. The van der Waals surface area contributed by atoms with Crippen molar-refractivity contribution in [3.8, 4) is 5.75 Å². The quantitative estimate of drug-likeness (QED) is 0.516. The minimum Gasteiger partial charge on any atom is -0.492 e. The maximum absolute atomic E-state index is 11.0. The molecule has 1 fully saturated rings. The van der Waals surface area contributed by atoms with Crippen LogP contribution in [-0.4, -0.2) is 71.5 Å². The third kappa shape index (κ3) is 5.32. The second-order valence-electron chi connectivity index (χ2n) is 7.95. The van der Waals surface area contributed by atoms with Crippen LogP contribution in [0.4, 0.5) is 5.13 Å². The maximum Gasteiger partial charge on any atom is 0.307 e. The van der Waals surface area contributed by atoms with Crippen LogP contribution in [0.2, 0.25) is 5.02 Å². The number of benzene rings is 2. The van der Waals surface area contributed by atoms with Gasteiger partial charge in [0.25, 0.3) is 0 Å². The highest BCUT2D eigenvalue weighted by Crippen LogP contribution is 2.32. The van der Waals surface area contributed by atoms with Crippen LogP contribution in [0, 0.1) is 6.92 Å². The second kappa shape index (κ2) is 10.0. The first-order valence-electron chi connectivity index (χ1n) is 10.5. The number of carbonyl (C=O) groups is 1. The van der Waals surface area contributed by atoms with E-state index in [9.17, 15) is 9.90 Å². The van der Waals surface area contributed by atoms with Crippen LogP contribution in [0.1, 0.15) is 11.1 Å². The lowest BCUT2D eigenvalue weighted by Gasteiger charge is -2.40. The molecule has 1 aromatic heterocycles. The molecule has 4 rings (SSSR count). The van der Waals surface area contributed by atoms with Gasteiger partial charge in [-0.1, -0.05) is 35.1 Å². The molecule has 170 valence electrons. The Hall–Kier alpha value is -2.39. The molecule has 1 atom stereocenters. The molecular weight excluding hydrogens is 450 g/mol. The van der Waals surface area contributed by atoms with Crippen LogP contribution < -0.4 is 9.64 Å². The number of rotatable bonds is 8. The third-order valence-corrected chi connectivity index (χ3v) is 6.98. The topological polar surface area (TPSA) is 86.1 Å². The Labute approximate surface area is 195 Å². The molecule has 7 nitrogen and oxygen atoms in total. The molecule has 2 heterocycles. The molecule has 1 saturated heterocycles. The van der Waals surface area contributed by atoms with Gasteiger partial charge in [0.15, 0.2) is 5.13 Å². The molecule has 2 N–H and O–H groups in total. The highest BCUT2D eigenvalue weighted by molar-refractivity contribution is 7.22. The van der Waals surface area contributed by atoms with E-state index in [1.807, 2.05) is 37.3 Å². The molecule has 3 aromatic rings. The number of hydrogen-bond donors (Lipinski definition) is 2. The highest BCUT2D eigenvalue weighted by atomic mass is 35.5. The number of halogens is 1. The van der Waals surface area contributed by atoms with E-state index in [4.69, 9.17) is 26.4 Å². The van der Waals surface area contributed by atoms with Crippen molar-refractivity contribution >= 4 is 44.3 Å². The van der Waals surface area contributed by atoms with Gasteiger partial charge in [0.1, 0.15) is 12.4 Å². The van der Waals surface area contributed by atoms with Crippen LogP contribution >= 0.6 is 22.9 Å². The van der Waals surface area contributed by atoms with E-state index >= 15 is 0 Å². The predicted molar refractivity (Wildman–Crippen MR) is 127 cm³/mol. The Balaban J connectivity index is 1.35. The lowest BCUT2D eigenvalue weighted by Crippen LogP contribution is -2.55. The number of aliphatic hydroxyl groups excluding tert-OH is 1. The average Bonchev–Trinajstić information content (AvgIpc) is 3.19. The maximum atomic E-state index is 11.0. The Morgan fingerprint density at radius 2 is 2.12 bits per heavy atom. The lowest BCUT2D eigenvalue weighted by molar-refractivity contribution is -0.136. The molecule has 1 unspecified atom stereocenters. The smallest absolute Gasteiger partial charge is 0.307 e. The Bertz CT molecular complexity index is 1110.